The van der Waals surface area contributed by atoms with E-state index in [0.29, 0.717) is 6.61 Å². The number of aryl methyl sites for hydroxylation is 1. The number of unbranched alkanes of at least 4 members (excludes halogenated alkanes) is 2. The number of nitrogens with zero attached hydrogens (tertiary/aromatic N) is 4. The zero-order chi connectivity index (χ0) is 14.3. The van der Waals surface area contributed by atoms with E-state index in [-0.39, 0.29) is 0 Å². The highest BCUT2D eigenvalue weighted by Gasteiger charge is 2.36. The first-order valence-electron chi connectivity index (χ1n) is 7.38. The molecule has 0 unspecified atom stereocenters. The van der Waals surface area contributed by atoms with Crippen LogP contribution >= 0.6 is 0 Å². The minimum absolute atomic E-state index is 0.581. The first kappa shape index (κ1) is 14.8. The molecule has 1 aromatic rings. The topological polar surface area (TPSA) is 58.7 Å². The van der Waals surface area contributed by atoms with Crippen molar-refractivity contribution in [3.8, 4) is 0 Å². The minimum Gasteiger partial charge on any atom is -0.329 e. The zero-order valence-electron chi connectivity index (χ0n) is 12.2. The molecule has 0 aliphatic carbocycles. The summed E-state index contributed by atoms with van der Waals surface area (Å²) >= 11 is 0. The molecule has 0 spiro atoms. The van der Waals surface area contributed by atoms with Crippen LogP contribution in [0.15, 0.2) is 44.9 Å². The van der Waals surface area contributed by atoms with Crippen LogP contribution in [-0.2, 0) is 17.0 Å². The van der Waals surface area contributed by atoms with Crippen LogP contribution in [0.3, 0.4) is 0 Å². The molecule has 0 aromatic heterocycles. The van der Waals surface area contributed by atoms with Crippen molar-refractivity contribution in [2.45, 2.75) is 51.8 Å². The summed E-state index contributed by atoms with van der Waals surface area (Å²) in [6.07, 6.45) is 5.65. The number of hydrogen-bond acceptors (Lipinski definition) is 5. The largest absolute Gasteiger partial charge is 0.329 e. The molecule has 0 radical (unpaired) electrons. The van der Waals surface area contributed by atoms with Gasteiger partial charge in [0.15, 0.2) is 0 Å². The van der Waals surface area contributed by atoms with Gasteiger partial charge in [-0.05, 0) is 41.3 Å². The number of rotatable bonds is 8. The van der Waals surface area contributed by atoms with E-state index in [1.165, 1.54) is 24.8 Å². The molecule has 0 saturated carbocycles. The Labute approximate surface area is 120 Å². The molecule has 20 heavy (non-hydrogen) atoms. The molecule has 5 nitrogen and oxygen atoms in total. The lowest BCUT2D eigenvalue weighted by Gasteiger charge is -2.20. The third-order valence-electron chi connectivity index (χ3n) is 3.28. The summed E-state index contributed by atoms with van der Waals surface area (Å²) in [5, 5.41) is 15.4. The third kappa shape index (κ3) is 3.48. The second-order valence-corrected chi connectivity index (χ2v) is 4.99. The van der Waals surface area contributed by atoms with E-state index in [4.69, 9.17) is 4.74 Å². The molecule has 0 bridgehead atoms. The zero-order valence-corrected chi connectivity index (χ0v) is 12.2. The Balaban J connectivity index is 2.15. The van der Waals surface area contributed by atoms with Gasteiger partial charge in [0.05, 0.1) is 6.61 Å². The SMILES string of the molecule is CCCCCc1cccc(C2(OCCC)N=NN=N2)c1. The number of ether oxygens (including phenoxy) is 1. The first-order chi connectivity index (χ1) is 9.80. The van der Waals surface area contributed by atoms with Crippen LogP contribution < -0.4 is 0 Å². The lowest BCUT2D eigenvalue weighted by molar-refractivity contribution is -0.0395. The van der Waals surface area contributed by atoms with E-state index in [0.717, 1.165) is 18.4 Å². The average Bonchev–Trinajstić information content (AvgIpc) is 2.96. The van der Waals surface area contributed by atoms with Gasteiger partial charge in [0.25, 0.3) is 0 Å². The van der Waals surface area contributed by atoms with Crippen molar-refractivity contribution in [1.82, 2.24) is 0 Å². The molecule has 0 saturated heterocycles. The van der Waals surface area contributed by atoms with Gasteiger partial charge < -0.3 is 4.74 Å². The Kier molecular flexibility index (Phi) is 5.35. The molecule has 2 rings (SSSR count). The van der Waals surface area contributed by atoms with Gasteiger partial charge in [0, 0.05) is 5.56 Å². The van der Waals surface area contributed by atoms with Crippen molar-refractivity contribution in [2.75, 3.05) is 6.61 Å². The predicted molar refractivity (Wildman–Crippen MR) is 77.3 cm³/mol. The van der Waals surface area contributed by atoms with E-state index < -0.39 is 5.85 Å². The molecule has 0 N–H and O–H groups in total. The third-order valence-corrected chi connectivity index (χ3v) is 3.28. The molecular formula is C15H22N4O. The monoisotopic (exact) mass is 274 g/mol. The second kappa shape index (κ2) is 7.24. The molecule has 0 fully saturated rings. The van der Waals surface area contributed by atoms with Gasteiger partial charge in [0.1, 0.15) is 0 Å². The van der Waals surface area contributed by atoms with Crippen LogP contribution in [0.4, 0.5) is 0 Å². The van der Waals surface area contributed by atoms with Gasteiger partial charge in [-0.2, -0.15) is 0 Å². The van der Waals surface area contributed by atoms with Crippen molar-refractivity contribution in [2.24, 2.45) is 20.7 Å². The average molecular weight is 274 g/mol. The number of hydrogen-bond donors (Lipinski definition) is 0. The molecule has 5 heteroatoms. The molecule has 1 aromatic carbocycles. The van der Waals surface area contributed by atoms with Crippen molar-refractivity contribution in [3.63, 3.8) is 0 Å². The van der Waals surface area contributed by atoms with Crippen LogP contribution in [-0.4, -0.2) is 6.61 Å². The molecule has 1 aliphatic rings. The fourth-order valence-electron chi connectivity index (χ4n) is 2.19. The van der Waals surface area contributed by atoms with E-state index >= 15 is 0 Å². The molecule has 0 amide bonds. The molecule has 1 aliphatic heterocycles. The van der Waals surface area contributed by atoms with Crippen molar-refractivity contribution in [1.29, 1.82) is 0 Å². The highest BCUT2D eigenvalue weighted by molar-refractivity contribution is 5.28. The molecule has 0 atom stereocenters. The molecule has 108 valence electrons. The predicted octanol–water partition coefficient (Wildman–Crippen LogP) is 4.79. The van der Waals surface area contributed by atoms with Crippen molar-refractivity contribution in [3.05, 3.63) is 35.4 Å². The fraction of sp³-hybridized carbons (Fsp3) is 0.600. The summed E-state index contributed by atoms with van der Waals surface area (Å²) in [5.74, 6) is -1.06. The highest BCUT2D eigenvalue weighted by Crippen LogP contribution is 2.34. The fourth-order valence-corrected chi connectivity index (χ4v) is 2.19. The quantitative estimate of drug-likeness (QED) is 0.629. The summed E-state index contributed by atoms with van der Waals surface area (Å²) in [6, 6.07) is 8.24. The van der Waals surface area contributed by atoms with Crippen molar-refractivity contribution >= 4 is 0 Å². The highest BCUT2D eigenvalue weighted by atomic mass is 16.5. The Morgan fingerprint density at radius 1 is 1.05 bits per heavy atom. The Bertz CT molecular complexity index is 473. The van der Waals surface area contributed by atoms with Gasteiger partial charge >= 0.3 is 5.85 Å². The smallest absolute Gasteiger partial charge is 0.324 e. The van der Waals surface area contributed by atoms with E-state index in [1.54, 1.807) is 0 Å². The summed E-state index contributed by atoms with van der Waals surface area (Å²) in [5.41, 5.74) is 2.19. The standard InChI is InChI=1S/C15H22N4O/c1-3-5-6-8-13-9-7-10-14(12-13)15(20-11-4-2)16-18-19-17-15/h7,9-10,12H,3-6,8,11H2,1-2H3. The van der Waals surface area contributed by atoms with Crippen LogP contribution in [0.5, 0.6) is 0 Å². The van der Waals surface area contributed by atoms with E-state index in [2.05, 4.69) is 46.7 Å². The van der Waals surface area contributed by atoms with Crippen LogP contribution in [0.2, 0.25) is 0 Å². The second-order valence-electron chi connectivity index (χ2n) is 4.99. The van der Waals surface area contributed by atoms with Gasteiger partial charge in [-0.25, -0.2) is 0 Å². The van der Waals surface area contributed by atoms with Gasteiger partial charge in [-0.3, -0.25) is 0 Å². The van der Waals surface area contributed by atoms with Crippen LogP contribution in [0.1, 0.15) is 50.7 Å². The maximum absolute atomic E-state index is 5.79. The number of benzene rings is 1. The minimum atomic E-state index is -1.06. The van der Waals surface area contributed by atoms with Crippen molar-refractivity contribution < 1.29 is 4.74 Å². The normalized spacial score (nSPS) is 15.9. The lowest BCUT2D eigenvalue weighted by atomic mass is 10.0. The summed E-state index contributed by atoms with van der Waals surface area (Å²) in [4.78, 5) is 0. The Morgan fingerprint density at radius 3 is 2.55 bits per heavy atom. The van der Waals surface area contributed by atoms with Gasteiger partial charge in [0.2, 0.25) is 0 Å². The first-order valence-corrected chi connectivity index (χ1v) is 7.38. The maximum Gasteiger partial charge on any atom is 0.324 e. The molecule has 1 heterocycles. The van der Waals surface area contributed by atoms with E-state index in [9.17, 15) is 0 Å². The Hall–Kier alpha value is -1.62. The van der Waals surface area contributed by atoms with Gasteiger partial charge in [-0.15, -0.1) is 10.2 Å². The summed E-state index contributed by atoms with van der Waals surface area (Å²) in [6.45, 7) is 4.85. The molecular weight excluding hydrogens is 252 g/mol. The van der Waals surface area contributed by atoms with Crippen LogP contribution in [0.25, 0.3) is 0 Å². The lowest BCUT2D eigenvalue weighted by Crippen LogP contribution is -2.23. The van der Waals surface area contributed by atoms with E-state index in [1.807, 2.05) is 12.1 Å². The summed E-state index contributed by atoms with van der Waals surface area (Å²) in [7, 11) is 0. The maximum atomic E-state index is 5.79. The Morgan fingerprint density at radius 2 is 1.85 bits per heavy atom. The summed E-state index contributed by atoms with van der Waals surface area (Å²) < 4.78 is 5.79. The van der Waals surface area contributed by atoms with Gasteiger partial charge in [-0.1, -0.05) is 44.9 Å². The van der Waals surface area contributed by atoms with Crippen LogP contribution in [0, 0.1) is 0 Å².